The molecule has 3 N–H and O–H groups in total. The van der Waals surface area contributed by atoms with Crippen LogP contribution in [-0.4, -0.2) is 45.9 Å². The molecule has 1 aromatic carbocycles. The summed E-state index contributed by atoms with van der Waals surface area (Å²) in [5.74, 6) is -0.209. The number of rotatable bonds is 9. The van der Waals surface area contributed by atoms with Crippen LogP contribution in [-0.2, 0) is 14.8 Å². The molecule has 23 heavy (non-hydrogen) atoms. The van der Waals surface area contributed by atoms with Crippen molar-refractivity contribution in [2.45, 2.75) is 11.3 Å². The average molecular weight is 367 g/mol. The first kappa shape index (κ1) is 21.2. The van der Waals surface area contributed by atoms with Gasteiger partial charge in [0.25, 0.3) is 5.69 Å². The van der Waals surface area contributed by atoms with Crippen LogP contribution in [0.15, 0.2) is 29.2 Å². The molecule has 0 aliphatic rings. The Morgan fingerprint density at radius 2 is 1.87 bits per heavy atom. The molecule has 0 fully saturated rings. The van der Waals surface area contributed by atoms with Crippen molar-refractivity contribution in [2.24, 2.45) is 0 Å². The quantitative estimate of drug-likeness (QED) is 0.321. The Labute approximate surface area is 140 Å². The van der Waals surface area contributed by atoms with Gasteiger partial charge >= 0.3 is 0 Å². The molecule has 1 rings (SSSR count). The van der Waals surface area contributed by atoms with Crippen LogP contribution in [0.1, 0.15) is 6.42 Å². The van der Waals surface area contributed by atoms with Gasteiger partial charge in [-0.3, -0.25) is 14.9 Å². The molecule has 0 bridgehead atoms. The highest BCUT2D eigenvalue weighted by Crippen LogP contribution is 2.22. The fourth-order valence-electron chi connectivity index (χ4n) is 1.63. The number of hydrogen-bond acceptors (Lipinski definition) is 6. The van der Waals surface area contributed by atoms with E-state index in [1.165, 1.54) is 12.1 Å². The van der Waals surface area contributed by atoms with Gasteiger partial charge in [0, 0.05) is 32.1 Å². The van der Waals surface area contributed by atoms with E-state index < -0.39 is 25.5 Å². The maximum atomic E-state index is 12.0. The van der Waals surface area contributed by atoms with Gasteiger partial charge in [-0.25, -0.2) is 13.1 Å². The Morgan fingerprint density at radius 1 is 1.22 bits per heavy atom. The standard InChI is InChI=1S/C12H18N4O5S.ClH/c1-13-7-6-12(17)14-8-9-15-22(20,21)11-5-3-2-4-10(11)16(18)19;/h2-5,13,15H,6-9H2,1H3,(H,14,17);1H. The molecule has 0 saturated heterocycles. The molecule has 11 heteroatoms. The van der Waals surface area contributed by atoms with E-state index in [9.17, 15) is 23.3 Å². The third kappa shape index (κ3) is 6.91. The number of nitrogens with zero attached hydrogens (tertiary/aromatic N) is 1. The normalized spacial score (nSPS) is 10.7. The first-order chi connectivity index (χ1) is 10.4. The molecular weight excluding hydrogens is 348 g/mol. The van der Waals surface area contributed by atoms with Crippen molar-refractivity contribution in [1.82, 2.24) is 15.4 Å². The Morgan fingerprint density at radius 3 is 2.48 bits per heavy atom. The number of nitro groups is 1. The number of carbonyl (C=O) groups excluding carboxylic acids is 1. The minimum absolute atomic E-state index is 0. The second kappa shape index (κ2) is 10.1. The predicted molar refractivity (Wildman–Crippen MR) is 87.1 cm³/mol. The van der Waals surface area contributed by atoms with Gasteiger partial charge in [0.1, 0.15) is 0 Å². The molecule has 9 nitrogen and oxygen atoms in total. The van der Waals surface area contributed by atoms with Gasteiger partial charge in [-0.2, -0.15) is 0 Å². The summed E-state index contributed by atoms with van der Waals surface area (Å²) in [6.45, 7) is 0.565. The van der Waals surface area contributed by atoms with Gasteiger partial charge in [-0.15, -0.1) is 12.4 Å². The van der Waals surface area contributed by atoms with E-state index in [-0.39, 0.29) is 37.8 Å². The van der Waals surface area contributed by atoms with Crippen LogP contribution in [0.25, 0.3) is 0 Å². The molecule has 0 saturated carbocycles. The van der Waals surface area contributed by atoms with Crippen molar-refractivity contribution in [3.63, 3.8) is 0 Å². The monoisotopic (exact) mass is 366 g/mol. The van der Waals surface area contributed by atoms with E-state index in [2.05, 4.69) is 15.4 Å². The van der Waals surface area contributed by atoms with Crippen molar-refractivity contribution in [2.75, 3.05) is 26.7 Å². The maximum Gasteiger partial charge on any atom is 0.289 e. The third-order valence-electron chi connectivity index (χ3n) is 2.69. The highest BCUT2D eigenvalue weighted by molar-refractivity contribution is 7.89. The van der Waals surface area contributed by atoms with E-state index in [0.29, 0.717) is 6.54 Å². The first-order valence-electron chi connectivity index (χ1n) is 6.53. The molecule has 0 aliphatic carbocycles. The number of nitro benzene ring substituents is 1. The highest BCUT2D eigenvalue weighted by Gasteiger charge is 2.24. The van der Waals surface area contributed by atoms with Gasteiger partial charge in [-0.1, -0.05) is 12.1 Å². The van der Waals surface area contributed by atoms with Crippen molar-refractivity contribution < 1.29 is 18.1 Å². The zero-order valence-corrected chi connectivity index (χ0v) is 14.1. The first-order valence-corrected chi connectivity index (χ1v) is 8.01. The van der Waals surface area contributed by atoms with Crippen molar-refractivity contribution in [3.8, 4) is 0 Å². The van der Waals surface area contributed by atoms with Crippen LogP contribution in [0.4, 0.5) is 5.69 Å². The van der Waals surface area contributed by atoms with Crippen molar-refractivity contribution >= 4 is 34.0 Å². The second-order valence-electron chi connectivity index (χ2n) is 4.33. The maximum absolute atomic E-state index is 12.0. The minimum Gasteiger partial charge on any atom is -0.355 e. The molecule has 0 heterocycles. The van der Waals surface area contributed by atoms with Crippen LogP contribution in [0.5, 0.6) is 0 Å². The van der Waals surface area contributed by atoms with Gasteiger partial charge < -0.3 is 10.6 Å². The van der Waals surface area contributed by atoms with E-state index >= 15 is 0 Å². The molecule has 1 amide bonds. The van der Waals surface area contributed by atoms with Crippen LogP contribution >= 0.6 is 12.4 Å². The number of amides is 1. The summed E-state index contributed by atoms with van der Waals surface area (Å²) in [4.78, 5) is 21.0. The summed E-state index contributed by atoms with van der Waals surface area (Å²) < 4.78 is 26.3. The molecule has 0 aliphatic heterocycles. The van der Waals surface area contributed by atoms with Crippen LogP contribution in [0, 0.1) is 10.1 Å². The SMILES string of the molecule is CNCCC(=O)NCCNS(=O)(=O)c1ccccc1[N+](=O)[O-].Cl. The number of para-hydroxylation sites is 1. The highest BCUT2D eigenvalue weighted by atomic mass is 35.5. The van der Waals surface area contributed by atoms with Gasteiger partial charge in [0.2, 0.25) is 15.9 Å². The number of hydrogen-bond donors (Lipinski definition) is 3. The molecule has 0 unspecified atom stereocenters. The molecule has 130 valence electrons. The molecule has 0 radical (unpaired) electrons. The minimum atomic E-state index is -4.01. The average Bonchev–Trinajstić information content (AvgIpc) is 2.49. The van der Waals surface area contributed by atoms with Gasteiger partial charge in [0.05, 0.1) is 4.92 Å². The van der Waals surface area contributed by atoms with Gasteiger partial charge in [-0.05, 0) is 13.1 Å². The lowest BCUT2D eigenvalue weighted by molar-refractivity contribution is -0.387. The summed E-state index contributed by atoms with van der Waals surface area (Å²) in [5.41, 5.74) is -0.493. The lowest BCUT2D eigenvalue weighted by atomic mass is 10.3. The summed E-state index contributed by atoms with van der Waals surface area (Å²) in [6, 6.07) is 5.07. The zero-order chi connectivity index (χ0) is 16.6. The predicted octanol–water partition coefficient (Wildman–Crippen LogP) is 0.0206. The van der Waals surface area contributed by atoms with E-state index in [4.69, 9.17) is 0 Å². The number of nitrogens with one attached hydrogen (secondary N) is 3. The van der Waals surface area contributed by atoms with Crippen LogP contribution in [0.3, 0.4) is 0 Å². The Hall–Kier alpha value is -1.75. The van der Waals surface area contributed by atoms with Crippen molar-refractivity contribution in [1.29, 1.82) is 0 Å². The Kier molecular flexibility index (Phi) is 9.34. The van der Waals surface area contributed by atoms with E-state index in [1.807, 2.05) is 0 Å². The number of sulfonamides is 1. The summed E-state index contributed by atoms with van der Waals surface area (Å²) in [6.07, 6.45) is 0.285. The molecule has 1 aromatic rings. The second-order valence-corrected chi connectivity index (χ2v) is 6.06. The van der Waals surface area contributed by atoms with Crippen LogP contribution < -0.4 is 15.4 Å². The molecule has 0 spiro atoms. The summed E-state index contributed by atoms with van der Waals surface area (Å²) in [5, 5.41) is 16.2. The largest absolute Gasteiger partial charge is 0.355 e. The number of benzene rings is 1. The Balaban J connectivity index is 0.00000484. The third-order valence-corrected chi connectivity index (χ3v) is 4.20. The number of carbonyl (C=O) groups is 1. The molecule has 0 aromatic heterocycles. The smallest absolute Gasteiger partial charge is 0.289 e. The summed E-state index contributed by atoms with van der Waals surface area (Å²) in [7, 11) is -2.29. The van der Waals surface area contributed by atoms with Crippen LogP contribution in [0.2, 0.25) is 0 Å². The molecular formula is C12H19ClN4O5S. The lowest BCUT2D eigenvalue weighted by Gasteiger charge is -2.08. The fraction of sp³-hybridized carbons (Fsp3) is 0.417. The Bertz CT molecular complexity index is 638. The number of halogens is 1. The molecule has 0 atom stereocenters. The summed E-state index contributed by atoms with van der Waals surface area (Å²) >= 11 is 0. The van der Waals surface area contributed by atoms with Crippen molar-refractivity contribution in [3.05, 3.63) is 34.4 Å². The lowest BCUT2D eigenvalue weighted by Crippen LogP contribution is -2.35. The topological polar surface area (TPSA) is 130 Å². The zero-order valence-electron chi connectivity index (χ0n) is 12.4. The van der Waals surface area contributed by atoms with E-state index in [1.54, 1.807) is 7.05 Å². The fourth-order valence-corrected chi connectivity index (χ4v) is 2.83. The van der Waals surface area contributed by atoms with Gasteiger partial charge in [0.15, 0.2) is 4.90 Å². The van der Waals surface area contributed by atoms with E-state index in [0.717, 1.165) is 12.1 Å².